The van der Waals surface area contributed by atoms with Gasteiger partial charge in [-0.1, -0.05) is 19.8 Å². The monoisotopic (exact) mass is 300 g/mol. The minimum Gasteiger partial charge on any atom is -0.389 e. The predicted octanol–water partition coefficient (Wildman–Crippen LogP) is 1.45. The smallest absolute Gasteiger partial charge is 0.221 e. The molecule has 0 saturated heterocycles. The summed E-state index contributed by atoms with van der Waals surface area (Å²) in [6.45, 7) is 7.53. The molecule has 1 fully saturated rings. The predicted molar refractivity (Wildman–Crippen MR) is 84.1 cm³/mol. The van der Waals surface area contributed by atoms with Crippen LogP contribution in [0.1, 0.15) is 52.9 Å². The molecule has 1 aliphatic rings. The van der Waals surface area contributed by atoms with Gasteiger partial charge in [-0.15, -0.1) is 0 Å². The third-order valence-corrected chi connectivity index (χ3v) is 3.89. The molecule has 0 radical (unpaired) electrons. The SMILES string of the molecule is CC(C)NC(=O)CCNCC(O)COC1CCCCC1C. The molecule has 3 atom stereocenters. The summed E-state index contributed by atoms with van der Waals surface area (Å²) in [5.41, 5.74) is 0. The number of carbonyl (C=O) groups is 1. The third kappa shape index (κ3) is 8.39. The van der Waals surface area contributed by atoms with Gasteiger partial charge in [-0.2, -0.15) is 0 Å². The first-order valence-electron chi connectivity index (χ1n) is 8.28. The van der Waals surface area contributed by atoms with Gasteiger partial charge in [-0.25, -0.2) is 0 Å². The van der Waals surface area contributed by atoms with Gasteiger partial charge in [0.15, 0.2) is 0 Å². The first-order valence-corrected chi connectivity index (χ1v) is 8.28. The number of ether oxygens (including phenoxy) is 1. The van der Waals surface area contributed by atoms with E-state index < -0.39 is 6.10 Å². The van der Waals surface area contributed by atoms with Crippen LogP contribution in [0, 0.1) is 5.92 Å². The average Bonchev–Trinajstić information content (AvgIpc) is 2.42. The number of amides is 1. The van der Waals surface area contributed by atoms with Crippen LogP contribution in [0.25, 0.3) is 0 Å². The highest BCUT2D eigenvalue weighted by molar-refractivity contribution is 5.76. The van der Waals surface area contributed by atoms with E-state index in [9.17, 15) is 9.90 Å². The zero-order valence-corrected chi connectivity index (χ0v) is 13.7. The lowest BCUT2D eigenvalue weighted by molar-refractivity contribution is -0.121. The van der Waals surface area contributed by atoms with E-state index >= 15 is 0 Å². The van der Waals surface area contributed by atoms with Gasteiger partial charge in [-0.05, 0) is 32.6 Å². The number of hydrogen-bond acceptors (Lipinski definition) is 4. The Morgan fingerprint density at radius 2 is 2.05 bits per heavy atom. The molecular weight excluding hydrogens is 268 g/mol. The Kier molecular flexibility index (Phi) is 8.88. The standard InChI is InChI=1S/C16H32N2O3/c1-12(2)18-16(20)8-9-17-10-14(19)11-21-15-7-5-4-6-13(15)3/h12-15,17,19H,4-11H2,1-3H3,(H,18,20). The van der Waals surface area contributed by atoms with Gasteiger partial charge < -0.3 is 20.5 Å². The molecule has 0 spiro atoms. The Hall–Kier alpha value is -0.650. The van der Waals surface area contributed by atoms with Crippen molar-refractivity contribution in [1.29, 1.82) is 0 Å². The summed E-state index contributed by atoms with van der Waals surface area (Å²) in [5, 5.41) is 15.8. The van der Waals surface area contributed by atoms with Gasteiger partial charge in [0.2, 0.25) is 5.91 Å². The number of nitrogens with one attached hydrogen (secondary N) is 2. The van der Waals surface area contributed by atoms with Crippen LogP contribution in [0.3, 0.4) is 0 Å². The second-order valence-corrected chi connectivity index (χ2v) is 6.46. The van der Waals surface area contributed by atoms with Crippen LogP contribution in [-0.4, -0.2) is 49.0 Å². The van der Waals surface area contributed by atoms with Crippen molar-refractivity contribution in [3.05, 3.63) is 0 Å². The zero-order valence-electron chi connectivity index (χ0n) is 13.7. The average molecular weight is 300 g/mol. The summed E-state index contributed by atoms with van der Waals surface area (Å²) in [6.07, 6.45) is 5.08. The number of aliphatic hydroxyl groups is 1. The van der Waals surface area contributed by atoms with Gasteiger partial charge in [0.05, 0.1) is 18.8 Å². The lowest BCUT2D eigenvalue weighted by Crippen LogP contribution is -2.37. The molecule has 1 amide bonds. The van der Waals surface area contributed by atoms with E-state index in [2.05, 4.69) is 17.6 Å². The normalized spacial score (nSPS) is 24.0. The molecule has 0 aromatic carbocycles. The molecule has 0 bridgehead atoms. The largest absolute Gasteiger partial charge is 0.389 e. The quantitative estimate of drug-likeness (QED) is 0.564. The van der Waals surface area contributed by atoms with Crippen molar-refractivity contribution in [2.45, 2.75) is 71.1 Å². The first kappa shape index (κ1) is 18.4. The van der Waals surface area contributed by atoms with Crippen LogP contribution in [0.2, 0.25) is 0 Å². The van der Waals surface area contributed by atoms with Gasteiger partial charge in [0, 0.05) is 25.6 Å². The molecule has 5 heteroatoms. The fraction of sp³-hybridized carbons (Fsp3) is 0.938. The first-order chi connectivity index (χ1) is 9.99. The van der Waals surface area contributed by atoms with Gasteiger partial charge in [0.1, 0.15) is 0 Å². The van der Waals surface area contributed by atoms with Gasteiger partial charge >= 0.3 is 0 Å². The van der Waals surface area contributed by atoms with E-state index in [1.54, 1.807) is 0 Å². The van der Waals surface area contributed by atoms with E-state index in [1.165, 1.54) is 19.3 Å². The molecule has 5 nitrogen and oxygen atoms in total. The van der Waals surface area contributed by atoms with E-state index in [4.69, 9.17) is 4.74 Å². The maximum absolute atomic E-state index is 11.4. The summed E-state index contributed by atoms with van der Waals surface area (Å²) in [4.78, 5) is 11.4. The Bertz CT molecular complexity index is 297. The summed E-state index contributed by atoms with van der Waals surface area (Å²) in [7, 11) is 0. The van der Waals surface area contributed by atoms with Crippen LogP contribution in [0.4, 0.5) is 0 Å². The van der Waals surface area contributed by atoms with Crippen molar-refractivity contribution < 1.29 is 14.6 Å². The number of aliphatic hydroxyl groups excluding tert-OH is 1. The highest BCUT2D eigenvalue weighted by atomic mass is 16.5. The van der Waals surface area contributed by atoms with E-state index in [0.717, 1.165) is 6.42 Å². The van der Waals surface area contributed by atoms with Crippen molar-refractivity contribution in [2.75, 3.05) is 19.7 Å². The van der Waals surface area contributed by atoms with E-state index in [-0.39, 0.29) is 11.9 Å². The number of hydrogen-bond donors (Lipinski definition) is 3. The fourth-order valence-electron chi connectivity index (χ4n) is 2.69. The van der Waals surface area contributed by atoms with Crippen LogP contribution in [0.15, 0.2) is 0 Å². The minimum atomic E-state index is -0.507. The van der Waals surface area contributed by atoms with Gasteiger partial charge in [0.25, 0.3) is 0 Å². The molecular formula is C16H32N2O3. The topological polar surface area (TPSA) is 70.6 Å². The molecule has 1 aliphatic carbocycles. The summed E-state index contributed by atoms with van der Waals surface area (Å²) in [5.74, 6) is 0.637. The second kappa shape index (κ2) is 10.1. The molecule has 0 aromatic rings. The fourth-order valence-corrected chi connectivity index (χ4v) is 2.69. The van der Waals surface area contributed by atoms with E-state index in [0.29, 0.717) is 38.1 Å². The zero-order chi connectivity index (χ0) is 15.7. The van der Waals surface area contributed by atoms with Crippen LogP contribution in [-0.2, 0) is 9.53 Å². The molecule has 3 unspecified atom stereocenters. The molecule has 1 rings (SSSR count). The highest BCUT2D eigenvalue weighted by Crippen LogP contribution is 2.26. The highest BCUT2D eigenvalue weighted by Gasteiger charge is 2.22. The van der Waals surface area contributed by atoms with Crippen LogP contribution >= 0.6 is 0 Å². The molecule has 1 saturated carbocycles. The van der Waals surface area contributed by atoms with Crippen LogP contribution in [0.5, 0.6) is 0 Å². The summed E-state index contributed by atoms with van der Waals surface area (Å²) in [6, 6.07) is 0.175. The Labute approximate surface area is 128 Å². The second-order valence-electron chi connectivity index (χ2n) is 6.46. The van der Waals surface area contributed by atoms with Gasteiger partial charge in [-0.3, -0.25) is 4.79 Å². The third-order valence-electron chi connectivity index (χ3n) is 3.89. The Morgan fingerprint density at radius 1 is 1.33 bits per heavy atom. The molecule has 124 valence electrons. The minimum absolute atomic E-state index is 0.0410. The molecule has 0 aliphatic heterocycles. The maximum atomic E-state index is 11.4. The molecule has 0 aromatic heterocycles. The lowest BCUT2D eigenvalue weighted by Gasteiger charge is -2.29. The Balaban J connectivity index is 2.03. The van der Waals surface area contributed by atoms with Crippen molar-refractivity contribution in [3.63, 3.8) is 0 Å². The molecule has 21 heavy (non-hydrogen) atoms. The number of carbonyl (C=O) groups excluding carboxylic acids is 1. The van der Waals surface area contributed by atoms with E-state index in [1.807, 2.05) is 13.8 Å². The van der Waals surface area contributed by atoms with Crippen LogP contribution < -0.4 is 10.6 Å². The van der Waals surface area contributed by atoms with Crippen molar-refractivity contribution in [1.82, 2.24) is 10.6 Å². The van der Waals surface area contributed by atoms with Crippen molar-refractivity contribution in [2.24, 2.45) is 5.92 Å². The van der Waals surface area contributed by atoms with Crippen molar-refractivity contribution >= 4 is 5.91 Å². The Morgan fingerprint density at radius 3 is 2.71 bits per heavy atom. The maximum Gasteiger partial charge on any atom is 0.221 e. The number of rotatable bonds is 9. The molecule has 0 heterocycles. The lowest BCUT2D eigenvalue weighted by atomic mass is 9.88. The molecule has 3 N–H and O–H groups in total. The summed E-state index contributed by atoms with van der Waals surface area (Å²) < 4.78 is 5.82. The van der Waals surface area contributed by atoms with Crippen molar-refractivity contribution in [3.8, 4) is 0 Å². The summed E-state index contributed by atoms with van der Waals surface area (Å²) >= 11 is 0.